The number of β-lactam (4-membered cyclic amide) rings is 1. The van der Waals surface area contributed by atoms with Gasteiger partial charge in [0.1, 0.15) is 22.7 Å². The molecule has 2 amide bonds. The van der Waals surface area contributed by atoms with Crippen LogP contribution in [0, 0.1) is 0 Å². The van der Waals surface area contributed by atoms with Crippen LogP contribution in [0.3, 0.4) is 0 Å². The fourth-order valence-electron chi connectivity index (χ4n) is 3.22. The summed E-state index contributed by atoms with van der Waals surface area (Å²) in [7, 11) is 1.28. The number of ether oxygens (including phenoxy) is 2. The number of hydrogen-bond donors (Lipinski definition) is 3. The van der Waals surface area contributed by atoms with Crippen molar-refractivity contribution in [3.8, 4) is 0 Å². The molecule has 2 unspecified atom stereocenters. The van der Waals surface area contributed by atoms with Gasteiger partial charge in [0.15, 0.2) is 16.4 Å². The number of carboxylic acids is 1. The van der Waals surface area contributed by atoms with Crippen LogP contribution in [0.2, 0.25) is 0 Å². The number of carbonyl (C=O) groups excluding carboxylic acids is 3. The number of amides is 2. The first-order chi connectivity index (χ1) is 15.9. The van der Waals surface area contributed by atoms with Crippen LogP contribution < -0.4 is 11.1 Å². The van der Waals surface area contributed by atoms with E-state index in [4.69, 9.17) is 20.0 Å². The van der Waals surface area contributed by atoms with E-state index in [-0.39, 0.29) is 28.8 Å². The van der Waals surface area contributed by atoms with Gasteiger partial charge in [-0.15, -0.1) is 23.1 Å². The van der Waals surface area contributed by atoms with Crippen LogP contribution >= 0.6 is 23.1 Å². The van der Waals surface area contributed by atoms with Gasteiger partial charge < -0.3 is 35.4 Å². The maximum Gasteiger partial charge on any atom is 0.347 e. The highest BCUT2D eigenvalue weighted by atomic mass is 32.2. The Hall–Kier alpha value is -2.91. The smallest absolute Gasteiger partial charge is 0.347 e. The number of thiazole rings is 1. The number of anilines is 1. The molecule has 2 aliphatic heterocycles. The van der Waals surface area contributed by atoms with Crippen molar-refractivity contribution in [2.75, 3.05) is 31.7 Å². The average molecular weight is 516 g/mol. The number of aliphatic carboxylic acids is 1. The number of thioether (sulfide) groups is 1. The van der Waals surface area contributed by atoms with E-state index in [9.17, 15) is 24.3 Å². The molecule has 4 N–H and O–H groups in total. The molecule has 0 spiro atoms. The van der Waals surface area contributed by atoms with Crippen molar-refractivity contribution in [2.24, 2.45) is 5.16 Å². The number of nitrogens with one attached hydrogen (secondary N) is 1. The van der Waals surface area contributed by atoms with Gasteiger partial charge in [-0.1, -0.05) is 5.16 Å². The van der Waals surface area contributed by atoms with Crippen molar-refractivity contribution < 1.29 is 38.6 Å². The zero-order valence-electron chi connectivity index (χ0n) is 18.9. The molecule has 3 atom stereocenters. The van der Waals surface area contributed by atoms with Gasteiger partial charge in [0.2, 0.25) is 12.5 Å². The number of oxime groups is 1. The predicted octanol–water partition coefficient (Wildman–Crippen LogP) is -0.343. The van der Waals surface area contributed by atoms with Gasteiger partial charge in [-0.05, 0) is 20.8 Å². The van der Waals surface area contributed by atoms with E-state index in [0.717, 1.165) is 11.3 Å². The molecule has 0 aliphatic carbocycles. The maximum absolute atomic E-state index is 13.0. The molecule has 34 heavy (non-hydrogen) atoms. The van der Waals surface area contributed by atoms with Crippen molar-refractivity contribution in [1.29, 1.82) is 0 Å². The third-order valence-corrected chi connectivity index (χ3v) is 7.03. The monoisotopic (exact) mass is 515 g/mol. The molecule has 0 aromatic carbocycles. The van der Waals surface area contributed by atoms with Gasteiger partial charge in [0, 0.05) is 18.2 Å². The highest BCUT2D eigenvalue weighted by molar-refractivity contribution is 8.00. The van der Waals surface area contributed by atoms with E-state index in [1.54, 1.807) is 20.8 Å². The normalized spacial score (nSPS) is 24.6. The lowest BCUT2D eigenvalue weighted by atomic mass is 9.99. The summed E-state index contributed by atoms with van der Waals surface area (Å²) in [6, 6.07) is -0.909. The lowest BCUT2D eigenvalue weighted by Gasteiger charge is -2.53. The summed E-state index contributed by atoms with van der Waals surface area (Å²) in [5.74, 6) is -2.98. The van der Waals surface area contributed by atoms with Crippen molar-refractivity contribution in [2.45, 2.75) is 43.4 Å². The van der Waals surface area contributed by atoms with Gasteiger partial charge in [-0.3, -0.25) is 9.59 Å². The van der Waals surface area contributed by atoms with E-state index < -0.39 is 53.0 Å². The van der Waals surface area contributed by atoms with Gasteiger partial charge in [-0.2, -0.15) is 0 Å². The van der Waals surface area contributed by atoms with Crippen molar-refractivity contribution >= 4 is 57.7 Å². The van der Waals surface area contributed by atoms with Crippen LogP contribution in [0.25, 0.3) is 0 Å². The van der Waals surface area contributed by atoms with Crippen LogP contribution in [0.15, 0.2) is 10.5 Å². The number of esters is 1. The molecule has 15 heteroatoms. The fraction of sp³-hybridized carbons (Fsp3) is 0.579. The zero-order chi connectivity index (χ0) is 25.3. The topological polar surface area (TPSA) is 183 Å². The molecular formula is C19H25N5O8S2. The molecule has 1 aromatic heterocycles. The summed E-state index contributed by atoms with van der Waals surface area (Å²) in [5, 5.41) is 17.0. The SMILES string of the molecule is COC1(C(=O)O)CS[C@@H]2C(NC(=O)C(=NOCC(=O)OC(C)(C)C)c3csc(N)n3)C(=O)N2C1. The van der Waals surface area contributed by atoms with Crippen LogP contribution in [0.4, 0.5) is 5.13 Å². The molecule has 186 valence electrons. The maximum atomic E-state index is 13.0. The fourth-order valence-corrected chi connectivity index (χ4v) is 5.28. The minimum absolute atomic E-state index is 0.0994. The predicted molar refractivity (Wildman–Crippen MR) is 122 cm³/mol. The molecule has 1 aromatic rings. The number of methoxy groups -OCH3 is 1. The number of nitrogens with two attached hydrogens (primary N) is 1. The molecule has 3 rings (SSSR count). The first kappa shape index (κ1) is 25.7. The molecule has 0 radical (unpaired) electrons. The third kappa shape index (κ3) is 5.42. The number of carbonyl (C=O) groups is 4. The molecule has 2 saturated heterocycles. The molecule has 2 fully saturated rings. The van der Waals surface area contributed by atoms with Crippen LogP contribution in [0.1, 0.15) is 26.5 Å². The summed E-state index contributed by atoms with van der Waals surface area (Å²) in [5.41, 5.74) is 3.26. The number of aromatic nitrogens is 1. The summed E-state index contributed by atoms with van der Waals surface area (Å²) in [4.78, 5) is 59.4. The molecule has 0 bridgehead atoms. The van der Waals surface area contributed by atoms with E-state index in [1.807, 2.05) is 0 Å². The molecule has 2 aliphatic rings. The Labute approximate surface area is 203 Å². The Kier molecular flexibility index (Phi) is 7.38. The second kappa shape index (κ2) is 9.76. The minimum atomic E-state index is -1.51. The number of fused-ring (bicyclic) bond motifs is 1. The van der Waals surface area contributed by atoms with Crippen molar-refractivity contribution in [3.05, 3.63) is 11.1 Å². The summed E-state index contributed by atoms with van der Waals surface area (Å²) < 4.78 is 10.3. The Morgan fingerprint density at radius 1 is 1.41 bits per heavy atom. The summed E-state index contributed by atoms with van der Waals surface area (Å²) >= 11 is 2.25. The van der Waals surface area contributed by atoms with Gasteiger partial charge in [0.25, 0.3) is 5.91 Å². The lowest BCUT2D eigenvalue weighted by Crippen LogP contribution is -2.75. The van der Waals surface area contributed by atoms with E-state index in [0.29, 0.717) is 0 Å². The Morgan fingerprint density at radius 2 is 2.12 bits per heavy atom. The summed E-state index contributed by atoms with van der Waals surface area (Å²) in [6.45, 7) is 4.40. The molecular weight excluding hydrogens is 490 g/mol. The van der Waals surface area contributed by atoms with Gasteiger partial charge >= 0.3 is 11.9 Å². The van der Waals surface area contributed by atoms with Gasteiger partial charge in [-0.25, -0.2) is 14.6 Å². The first-order valence-electron chi connectivity index (χ1n) is 10.0. The zero-order valence-corrected chi connectivity index (χ0v) is 20.5. The standard InChI is InChI=1S/C19H25N5O8S2/c1-18(2,3)32-10(25)5-31-23-11(9-6-33-17(20)21-9)13(26)22-12-14(27)24-7-19(30-4,16(28)29)8-34-15(12)24/h6,12,15H,5,7-8H2,1-4H3,(H2,20,21)(H,22,26)(H,28,29)/t12?,15-,19?/m1/s1. The lowest BCUT2D eigenvalue weighted by molar-refractivity contribution is -0.170. The van der Waals surface area contributed by atoms with Crippen LogP contribution in [-0.4, -0.2) is 93.1 Å². The largest absolute Gasteiger partial charge is 0.479 e. The highest BCUT2D eigenvalue weighted by Crippen LogP contribution is 2.39. The molecule has 3 heterocycles. The number of carboxylic acid groups (broad SMARTS) is 1. The van der Waals surface area contributed by atoms with E-state index >= 15 is 0 Å². The van der Waals surface area contributed by atoms with Crippen LogP contribution in [-0.2, 0) is 33.5 Å². The number of nitrogen functional groups attached to an aromatic ring is 1. The number of nitrogens with zero attached hydrogens (tertiary/aromatic N) is 3. The second-order valence-corrected chi connectivity index (χ2v) is 10.5. The average Bonchev–Trinajstić information content (AvgIpc) is 3.18. The van der Waals surface area contributed by atoms with Crippen LogP contribution in [0.5, 0.6) is 0 Å². The number of hydrogen-bond acceptors (Lipinski definition) is 12. The van der Waals surface area contributed by atoms with E-state index in [1.165, 1.54) is 29.2 Å². The van der Waals surface area contributed by atoms with E-state index in [2.05, 4.69) is 15.5 Å². The highest BCUT2D eigenvalue weighted by Gasteiger charge is 2.58. The third-order valence-electron chi connectivity index (χ3n) is 4.86. The Balaban J connectivity index is 1.69. The Morgan fingerprint density at radius 3 is 2.68 bits per heavy atom. The summed E-state index contributed by atoms with van der Waals surface area (Å²) in [6.07, 6.45) is 0. The quantitative estimate of drug-likeness (QED) is 0.178. The van der Waals surface area contributed by atoms with Crippen molar-refractivity contribution in [1.82, 2.24) is 15.2 Å². The van der Waals surface area contributed by atoms with Gasteiger partial charge in [0.05, 0.1) is 6.54 Å². The Bertz CT molecular complexity index is 1020. The molecule has 13 nitrogen and oxygen atoms in total. The second-order valence-electron chi connectivity index (χ2n) is 8.49. The number of rotatable bonds is 8. The minimum Gasteiger partial charge on any atom is -0.479 e. The first-order valence-corrected chi connectivity index (χ1v) is 11.9. The van der Waals surface area contributed by atoms with Crippen molar-refractivity contribution in [3.63, 3.8) is 0 Å². The molecule has 0 saturated carbocycles.